The van der Waals surface area contributed by atoms with Crippen molar-refractivity contribution in [2.75, 3.05) is 7.05 Å². The van der Waals surface area contributed by atoms with Gasteiger partial charge < -0.3 is 7.43 Å². The summed E-state index contributed by atoms with van der Waals surface area (Å²) in [5.41, 5.74) is 0. The fraction of sp³-hybridized carbons (Fsp3) is 0.900. The van der Waals surface area contributed by atoms with Crippen LogP contribution in [0.3, 0.4) is 0 Å². The van der Waals surface area contributed by atoms with Gasteiger partial charge >= 0.3 is 81.5 Å². The van der Waals surface area contributed by atoms with Crippen LogP contribution in [0, 0.1) is 13.3 Å². The molecule has 1 aliphatic rings. The van der Waals surface area contributed by atoms with E-state index in [4.69, 9.17) is 0 Å². The van der Waals surface area contributed by atoms with Crippen molar-refractivity contribution in [2.24, 2.45) is 13.5 Å². The molecule has 13 heavy (non-hydrogen) atoms. The molecule has 77 valence electrons. The van der Waals surface area contributed by atoms with Gasteiger partial charge in [-0.3, -0.25) is 0 Å². The van der Waals surface area contributed by atoms with Crippen molar-refractivity contribution >= 4 is 0 Å². The van der Waals surface area contributed by atoms with Gasteiger partial charge in [-0.1, -0.05) is 0 Å². The van der Waals surface area contributed by atoms with Crippen molar-refractivity contribution in [1.82, 2.24) is 0 Å². The molecule has 0 aromatic heterocycles. The van der Waals surface area contributed by atoms with E-state index < -0.39 is 0 Å². The molecule has 0 aliphatic heterocycles. The molecule has 1 aliphatic carbocycles. The molecule has 0 heterocycles. The summed E-state index contributed by atoms with van der Waals surface area (Å²) in [7, 11) is 1.87. The smallest absolute Gasteiger partial charge is 0.358 e. The molecule has 0 aromatic rings. The molecule has 3 heteroatoms. The number of nitrogens with zero attached hydrogens (tertiary/aromatic N) is 2. The summed E-state index contributed by atoms with van der Waals surface area (Å²) in [4.78, 5) is 0. The van der Waals surface area contributed by atoms with E-state index in [2.05, 4.69) is 14.5 Å². The van der Waals surface area contributed by atoms with Crippen LogP contribution in [0.2, 0.25) is 0 Å². The average Bonchev–Trinajstić information content (AvgIpc) is 2.53. The molecule has 0 spiro atoms. The molecule has 1 fully saturated rings. The molecule has 0 N–H and O–H groups in total. The number of hydrogen-bond acceptors (Lipinski definition) is 2. The Morgan fingerprint density at radius 1 is 1.38 bits per heavy atom. The van der Waals surface area contributed by atoms with Crippen LogP contribution in [0.5, 0.6) is 0 Å². The third-order valence-corrected chi connectivity index (χ3v) is 3.54. The monoisotopic (exact) mass is 220 g/mol. The van der Waals surface area contributed by atoms with Gasteiger partial charge in [0, 0.05) is 0 Å². The average molecular weight is 220 g/mol. The van der Waals surface area contributed by atoms with Crippen LogP contribution in [-0.4, -0.2) is 13.1 Å². The van der Waals surface area contributed by atoms with Crippen LogP contribution >= 0.6 is 0 Å². The molecule has 0 aromatic carbocycles. The van der Waals surface area contributed by atoms with E-state index >= 15 is 0 Å². The Morgan fingerprint density at radius 2 is 2.00 bits per heavy atom. The van der Waals surface area contributed by atoms with Crippen LogP contribution in [-0.2, 0) is 15.9 Å². The largest absolute Gasteiger partial charge is 0.358 e. The molecule has 1 atom stereocenters. The maximum Gasteiger partial charge on any atom is -0.358 e. The predicted molar refractivity (Wildman–Crippen MR) is 53.2 cm³/mol. The Balaban J connectivity index is 0.00000144. The van der Waals surface area contributed by atoms with Crippen molar-refractivity contribution in [3.05, 3.63) is 7.43 Å². The second kappa shape index (κ2) is 7.58. The standard InChI is InChI=1S/C8H15N.CH3N.CH3.V/c1-7(9)6-8-4-2-3-5-8;1-2;;/h7-8H,2-6H2,1H3;1H3;1H3;/q;;-1;. The molecular formula is C10H21N2V-. The topological polar surface area (TPSA) is 24.7 Å². The van der Waals surface area contributed by atoms with Crippen LogP contribution in [0.1, 0.15) is 39.0 Å². The molecule has 2 nitrogen and oxygen atoms in total. The molecular weight excluding hydrogens is 199 g/mol. The normalized spacial score (nSPS) is 18.6. The van der Waals surface area contributed by atoms with Gasteiger partial charge in [-0.2, -0.15) is 0 Å². The van der Waals surface area contributed by atoms with E-state index in [1.165, 1.54) is 32.1 Å². The van der Waals surface area contributed by atoms with Crippen molar-refractivity contribution in [3.8, 4) is 0 Å². The van der Waals surface area contributed by atoms with E-state index in [9.17, 15) is 0 Å². The van der Waals surface area contributed by atoms with Crippen molar-refractivity contribution < 1.29 is 15.9 Å². The fourth-order valence-corrected chi connectivity index (χ4v) is 2.50. The first-order chi connectivity index (χ1) is 5.83. The van der Waals surface area contributed by atoms with Crippen LogP contribution in [0.4, 0.5) is 0 Å². The molecule has 1 saturated carbocycles. The Kier molecular flexibility index (Phi) is 7.68. The molecule has 1 rings (SSSR count). The summed E-state index contributed by atoms with van der Waals surface area (Å²) in [5.74, 6) is 0.974. The minimum atomic E-state index is -0.0555. The molecule has 0 radical (unpaired) electrons. The van der Waals surface area contributed by atoms with E-state index in [0.29, 0.717) is 6.04 Å². The van der Waals surface area contributed by atoms with Gasteiger partial charge in [-0.15, -0.1) is 0 Å². The first kappa shape index (κ1) is 13.2. The summed E-state index contributed by atoms with van der Waals surface area (Å²) in [5, 5.41) is 0. The number of hydrogen-bond donors (Lipinski definition) is 0. The van der Waals surface area contributed by atoms with E-state index in [0.717, 1.165) is 5.92 Å². The Morgan fingerprint density at radius 3 is 2.54 bits per heavy atom. The van der Waals surface area contributed by atoms with Gasteiger partial charge in [-0.05, 0) is 0 Å². The minimum absolute atomic E-state index is 0. The van der Waals surface area contributed by atoms with E-state index in [-0.39, 0.29) is 23.3 Å². The second-order valence-electron chi connectivity index (χ2n) is 3.64. The van der Waals surface area contributed by atoms with Gasteiger partial charge in [-0.25, -0.2) is 0 Å². The van der Waals surface area contributed by atoms with E-state index in [1.807, 2.05) is 7.05 Å². The summed E-state index contributed by atoms with van der Waals surface area (Å²) in [6.07, 6.45) is 7.09. The summed E-state index contributed by atoms with van der Waals surface area (Å²) in [6.45, 7) is 2.24. The first-order valence-corrected chi connectivity index (χ1v) is 6.06. The second-order valence-corrected chi connectivity index (χ2v) is 4.90. The molecule has 0 amide bonds. The van der Waals surface area contributed by atoms with Crippen LogP contribution in [0.15, 0.2) is 7.58 Å². The quantitative estimate of drug-likeness (QED) is 0.650. The first-order valence-electron chi connectivity index (χ1n) is 4.82. The molecule has 0 bridgehead atoms. The van der Waals surface area contributed by atoms with Gasteiger partial charge in [0.2, 0.25) is 0 Å². The fourth-order valence-electron chi connectivity index (χ4n) is 1.92. The Labute approximate surface area is 89.2 Å². The minimum Gasteiger partial charge on any atom is -0.358 e. The zero-order valence-corrected chi connectivity index (χ0v) is 10.4. The maximum absolute atomic E-state index is 4.53. The van der Waals surface area contributed by atoms with Gasteiger partial charge in [0.25, 0.3) is 0 Å². The van der Waals surface area contributed by atoms with Crippen molar-refractivity contribution in [1.29, 1.82) is 0 Å². The van der Waals surface area contributed by atoms with Crippen LogP contribution < -0.4 is 0 Å². The van der Waals surface area contributed by atoms with Crippen LogP contribution in [0.25, 0.3) is 0 Å². The number of rotatable bonds is 3. The third-order valence-electron chi connectivity index (χ3n) is 2.49. The zero-order chi connectivity index (χ0) is 8.81. The Bertz CT molecular complexity index is 179. The van der Waals surface area contributed by atoms with E-state index in [1.54, 1.807) is 0 Å². The maximum atomic E-state index is 4.53. The third kappa shape index (κ3) is 5.48. The predicted octanol–water partition coefficient (Wildman–Crippen LogP) is 3.48. The van der Waals surface area contributed by atoms with Gasteiger partial charge in [0.1, 0.15) is 0 Å². The van der Waals surface area contributed by atoms with Gasteiger partial charge in [0.15, 0.2) is 0 Å². The SMILES string of the molecule is C[N]=[V]=[N]C(C)CC1CCCC1.[CH3-]. The Hall–Kier alpha value is 0.184. The zero-order valence-electron chi connectivity index (χ0n) is 9.03. The summed E-state index contributed by atoms with van der Waals surface area (Å²) in [6, 6.07) is 0.566. The van der Waals surface area contributed by atoms with Crippen molar-refractivity contribution in [2.45, 2.75) is 45.1 Å². The molecule has 1 unspecified atom stereocenters. The van der Waals surface area contributed by atoms with Gasteiger partial charge in [0.05, 0.1) is 0 Å². The summed E-state index contributed by atoms with van der Waals surface area (Å²) < 4.78 is 8.61. The molecule has 0 saturated heterocycles. The van der Waals surface area contributed by atoms with Crippen molar-refractivity contribution in [3.63, 3.8) is 0 Å². The summed E-state index contributed by atoms with van der Waals surface area (Å²) >= 11 is -0.0555.